The number of halogens is 1. The fourth-order valence-corrected chi connectivity index (χ4v) is 2.15. The lowest BCUT2D eigenvalue weighted by molar-refractivity contribution is 0.189. The second kappa shape index (κ2) is 4.72. The Bertz CT molecular complexity index is 409. The van der Waals surface area contributed by atoms with Crippen molar-refractivity contribution in [1.82, 2.24) is 10.6 Å². The van der Waals surface area contributed by atoms with Crippen LogP contribution in [0.3, 0.4) is 0 Å². The lowest BCUT2D eigenvalue weighted by Crippen LogP contribution is -2.41. The topological polar surface area (TPSA) is 61.4 Å². The molecule has 4 nitrogen and oxygen atoms in total. The number of carboxylic acid groups (broad SMARTS) is 1. The maximum absolute atomic E-state index is 10.6. The number of hydrogen-bond donors (Lipinski definition) is 3. The molecule has 0 fully saturated rings. The zero-order valence-corrected chi connectivity index (χ0v) is 9.42. The minimum Gasteiger partial charge on any atom is -0.465 e. The summed E-state index contributed by atoms with van der Waals surface area (Å²) < 4.78 is 0. The zero-order chi connectivity index (χ0) is 11.5. The van der Waals surface area contributed by atoms with Gasteiger partial charge >= 0.3 is 6.09 Å². The maximum atomic E-state index is 10.6. The molecule has 1 aliphatic rings. The molecular weight excluding hydrogens is 228 g/mol. The summed E-state index contributed by atoms with van der Waals surface area (Å²) >= 11 is 5.93. The van der Waals surface area contributed by atoms with Crippen LogP contribution < -0.4 is 10.6 Å². The van der Waals surface area contributed by atoms with Crippen LogP contribution in [-0.4, -0.2) is 23.8 Å². The van der Waals surface area contributed by atoms with Gasteiger partial charge in [-0.3, -0.25) is 0 Å². The number of fused-ring (bicyclic) bond motifs is 1. The van der Waals surface area contributed by atoms with Gasteiger partial charge in [0.1, 0.15) is 0 Å². The first-order valence-corrected chi connectivity index (χ1v) is 5.50. The molecule has 2 rings (SSSR count). The Morgan fingerprint density at radius 3 is 3.06 bits per heavy atom. The van der Waals surface area contributed by atoms with Gasteiger partial charge in [-0.2, -0.15) is 0 Å². The standard InChI is InChI=1S/C11H13ClN2O2/c12-9-2-1-7-5-13-6-10(14-11(15)16)4-8(7)3-9/h1-3,10,13-14H,4-6H2,(H,15,16). The molecule has 1 aromatic carbocycles. The molecule has 86 valence electrons. The van der Waals surface area contributed by atoms with Crippen LogP contribution in [0.15, 0.2) is 18.2 Å². The smallest absolute Gasteiger partial charge is 0.404 e. The summed E-state index contributed by atoms with van der Waals surface area (Å²) in [6, 6.07) is 5.64. The van der Waals surface area contributed by atoms with Gasteiger partial charge < -0.3 is 15.7 Å². The molecule has 0 spiro atoms. The first kappa shape index (κ1) is 11.2. The van der Waals surface area contributed by atoms with Gasteiger partial charge in [-0.05, 0) is 29.7 Å². The number of hydrogen-bond acceptors (Lipinski definition) is 2. The average molecular weight is 241 g/mol. The van der Waals surface area contributed by atoms with Crippen molar-refractivity contribution in [2.45, 2.75) is 19.0 Å². The van der Waals surface area contributed by atoms with Crippen molar-refractivity contribution in [2.24, 2.45) is 0 Å². The monoisotopic (exact) mass is 240 g/mol. The zero-order valence-electron chi connectivity index (χ0n) is 8.66. The molecule has 5 heteroatoms. The largest absolute Gasteiger partial charge is 0.465 e. The van der Waals surface area contributed by atoms with Gasteiger partial charge in [0, 0.05) is 24.2 Å². The Kier molecular flexibility index (Phi) is 3.31. The van der Waals surface area contributed by atoms with Gasteiger partial charge in [-0.1, -0.05) is 17.7 Å². The Hall–Kier alpha value is -1.26. The van der Waals surface area contributed by atoms with E-state index < -0.39 is 6.09 Å². The Balaban J connectivity index is 2.19. The summed E-state index contributed by atoms with van der Waals surface area (Å²) in [5.74, 6) is 0. The number of nitrogens with one attached hydrogen (secondary N) is 2. The van der Waals surface area contributed by atoms with E-state index in [1.54, 1.807) is 0 Å². The Morgan fingerprint density at radius 2 is 2.31 bits per heavy atom. The van der Waals surface area contributed by atoms with Gasteiger partial charge in [-0.15, -0.1) is 0 Å². The van der Waals surface area contributed by atoms with E-state index in [1.165, 1.54) is 5.56 Å². The van der Waals surface area contributed by atoms with Crippen LogP contribution >= 0.6 is 11.6 Å². The Labute approximate surface area is 98.6 Å². The minimum atomic E-state index is -0.989. The first-order valence-electron chi connectivity index (χ1n) is 5.12. The van der Waals surface area contributed by atoms with Crippen LogP contribution in [0.25, 0.3) is 0 Å². The Morgan fingerprint density at radius 1 is 1.50 bits per heavy atom. The van der Waals surface area contributed by atoms with E-state index in [4.69, 9.17) is 16.7 Å². The summed E-state index contributed by atoms with van der Waals surface area (Å²) in [6.45, 7) is 1.39. The fourth-order valence-electron chi connectivity index (χ4n) is 1.95. The van der Waals surface area contributed by atoms with Crippen molar-refractivity contribution in [3.8, 4) is 0 Å². The predicted molar refractivity (Wildman–Crippen MR) is 61.8 cm³/mol. The molecule has 1 aliphatic heterocycles. The third-order valence-electron chi connectivity index (χ3n) is 2.67. The highest BCUT2D eigenvalue weighted by Crippen LogP contribution is 2.19. The second-order valence-electron chi connectivity index (χ2n) is 3.89. The van der Waals surface area contributed by atoms with Gasteiger partial charge in [0.2, 0.25) is 0 Å². The summed E-state index contributed by atoms with van der Waals surface area (Å²) in [4.78, 5) is 10.6. The second-order valence-corrected chi connectivity index (χ2v) is 4.33. The molecule has 3 N–H and O–H groups in total. The SMILES string of the molecule is O=C(O)NC1CNCc2ccc(Cl)cc2C1. The van der Waals surface area contributed by atoms with Crippen molar-refractivity contribution in [3.63, 3.8) is 0 Å². The summed E-state index contributed by atoms with van der Waals surface area (Å²) in [6.07, 6.45) is -0.313. The number of carbonyl (C=O) groups is 1. The molecule has 1 unspecified atom stereocenters. The molecule has 1 heterocycles. The lowest BCUT2D eigenvalue weighted by atomic mass is 10.0. The van der Waals surface area contributed by atoms with Crippen molar-refractivity contribution in [2.75, 3.05) is 6.54 Å². The molecule has 1 atom stereocenters. The van der Waals surface area contributed by atoms with Crippen LogP contribution in [0, 0.1) is 0 Å². The molecule has 16 heavy (non-hydrogen) atoms. The summed E-state index contributed by atoms with van der Waals surface area (Å²) in [7, 11) is 0. The number of rotatable bonds is 1. The fraction of sp³-hybridized carbons (Fsp3) is 0.364. The van der Waals surface area contributed by atoms with E-state index in [2.05, 4.69) is 10.6 Å². The lowest BCUT2D eigenvalue weighted by Gasteiger charge is -2.14. The summed E-state index contributed by atoms with van der Waals surface area (Å²) in [5.41, 5.74) is 2.29. The highest BCUT2D eigenvalue weighted by Gasteiger charge is 2.17. The van der Waals surface area contributed by atoms with Crippen LogP contribution in [0.5, 0.6) is 0 Å². The van der Waals surface area contributed by atoms with Crippen LogP contribution in [0.1, 0.15) is 11.1 Å². The number of benzene rings is 1. The quantitative estimate of drug-likeness (QED) is 0.699. The van der Waals surface area contributed by atoms with Crippen molar-refractivity contribution in [1.29, 1.82) is 0 Å². The molecule has 1 amide bonds. The van der Waals surface area contributed by atoms with E-state index in [9.17, 15) is 4.79 Å². The van der Waals surface area contributed by atoms with Crippen LogP contribution in [-0.2, 0) is 13.0 Å². The molecule has 0 aromatic heterocycles. The van der Waals surface area contributed by atoms with Crippen LogP contribution in [0.2, 0.25) is 5.02 Å². The third-order valence-corrected chi connectivity index (χ3v) is 2.90. The molecular formula is C11H13ClN2O2. The normalized spacial score (nSPS) is 19.7. The molecule has 0 aliphatic carbocycles. The van der Waals surface area contributed by atoms with Gasteiger partial charge in [0.25, 0.3) is 0 Å². The van der Waals surface area contributed by atoms with Crippen molar-refractivity contribution in [3.05, 3.63) is 34.3 Å². The van der Waals surface area contributed by atoms with Crippen molar-refractivity contribution >= 4 is 17.7 Å². The molecule has 0 saturated carbocycles. The van der Waals surface area contributed by atoms with Gasteiger partial charge in [-0.25, -0.2) is 4.79 Å². The van der Waals surface area contributed by atoms with E-state index in [0.717, 1.165) is 12.1 Å². The van der Waals surface area contributed by atoms with E-state index in [1.807, 2.05) is 18.2 Å². The van der Waals surface area contributed by atoms with Crippen molar-refractivity contribution < 1.29 is 9.90 Å². The highest BCUT2D eigenvalue weighted by atomic mass is 35.5. The van der Waals surface area contributed by atoms with Gasteiger partial charge in [0.15, 0.2) is 0 Å². The third kappa shape index (κ3) is 2.65. The van der Waals surface area contributed by atoms with E-state index in [0.29, 0.717) is 18.0 Å². The van der Waals surface area contributed by atoms with Gasteiger partial charge in [0.05, 0.1) is 0 Å². The predicted octanol–water partition coefficient (Wildman–Crippen LogP) is 1.62. The molecule has 0 bridgehead atoms. The molecule has 0 radical (unpaired) electrons. The maximum Gasteiger partial charge on any atom is 0.404 e. The average Bonchev–Trinajstić information content (AvgIpc) is 2.37. The molecule has 0 saturated heterocycles. The minimum absolute atomic E-state index is 0.0998. The highest BCUT2D eigenvalue weighted by molar-refractivity contribution is 6.30. The van der Waals surface area contributed by atoms with E-state index in [-0.39, 0.29) is 6.04 Å². The van der Waals surface area contributed by atoms with E-state index >= 15 is 0 Å². The first-order chi connectivity index (χ1) is 7.65. The van der Waals surface area contributed by atoms with Crippen LogP contribution in [0.4, 0.5) is 4.79 Å². The molecule has 1 aromatic rings. The summed E-state index contributed by atoms with van der Waals surface area (Å²) in [5, 5.41) is 15.1. The number of amides is 1.